The smallest absolute Gasteiger partial charge is 0.335 e. The summed E-state index contributed by atoms with van der Waals surface area (Å²) < 4.78 is 17.0. The van der Waals surface area contributed by atoms with Crippen molar-refractivity contribution in [1.29, 1.82) is 0 Å². The summed E-state index contributed by atoms with van der Waals surface area (Å²) in [4.78, 5) is 51.0. The molecule has 1 saturated heterocycles. The summed E-state index contributed by atoms with van der Waals surface area (Å²) in [7, 11) is 1.30. The van der Waals surface area contributed by atoms with Crippen LogP contribution in [0.5, 0.6) is 11.5 Å². The van der Waals surface area contributed by atoms with Crippen LogP contribution in [0.2, 0.25) is 0 Å². The van der Waals surface area contributed by atoms with E-state index in [-0.39, 0.29) is 24.6 Å². The first-order valence-electron chi connectivity index (χ1n) is 9.92. The number of hydrogen-bond acceptors (Lipinski definition) is 7. The van der Waals surface area contributed by atoms with Crippen molar-refractivity contribution < 1.29 is 33.4 Å². The monoisotopic (exact) mass is 447 g/mol. The van der Waals surface area contributed by atoms with Crippen molar-refractivity contribution in [2.45, 2.75) is 6.54 Å². The number of carbonyl (C=O) groups is 4. The van der Waals surface area contributed by atoms with Crippen LogP contribution in [-0.4, -0.2) is 42.3 Å². The number of nitrogens with one attached hydrogen (secondary N) is 1. The van der Waals surface area contributed by atoms with Crippen LogP contribution >= 0.6 is 0 Å². The van der Waals surface area contributed by atoms with Gasteiger partial charge in [0.05, 0.1) is 12.8 Å². The van der Waals surface area contributed by atoms with Crippen LogP contribution < -0.4 is 19.7 Å². The number of urea groups is 1. The first kappa shape index (κ1) is 20.3. The molecule has 166 valence electrons. The van der Waals surface area contributed by atoms with Crippen molar-refractivity contribution in [3.05, 3.63) is 59.8 Å². The highest BCUT2D eigenvalue weighted by Crippen LogP contribution is 2.36. The molecule has 3 aromatic rings. The van der Waals surface area contributed by atoms with Crippen molar-refractivity contribution >= 4 is 46.5 Å². The summed E-state index contributed by atoms with van der Waals surface area (Å²) in [5.74, 6) is -1.16. The van der Waals surface area contributed by atoms with E-state index in [9.17, 15) is 19.2 Å². The number of para-hydroxylation sites is 1. The average Bonchev–Trinajstić information content (AvgIpc) is 3.41. The number of imide groups is 2. The maximum absolute atomic E-state index is 13.2. The van der Waals surface area contributed by atoms with Crippen molar-refractivity contribution in [2.24, 2.45) is 0 Å². The van der Waals surface area contributed by atoms with Crippen molar-refractivity contribution in [3.63, 3.8) is 0 Å². The molecule has 1 fully saturated rings. The first-order chi connectivity index (χ1) is 16.0. The van der Waals surface area contributed by atoms with E-state index >= 15 is 0 Å². The molecule has 0 saturated carbocycles. The first-order valence-corrected chi connectivity index (χ1v) is 9.92. The van der Waals surface area contributed by atoms with E-state index in [0.29, 0.717) is 17.1 Å². The number of barbiturate groups is 1. The second-order valence-electron chi connectivity index (χ2n) is 7.30. The molecule has 10 heteroatoms. The lowest BCUT2D eigenvalue weighted by atomic mass is 10.1. The van der Waals surface area contributed by atoms with E-state index in [4.69, 9.17) is 14.2 Å². The largest absolute Gasteiger partial charge is 0.468 e. The van der Waals surface area contributed by atoms with Gasteiger partial charge in [0.25, 0.3) is 11.8 Å². The van der Waals surface area contributed by atoms with Crippen molar-refractivity contribution in [3.8, 4) is 11.5 Å². The van der Waals surface area contributed by atoms with Crippen molar-refractivity contribution in [1.82, 2.24) is 9.88 Å². The molecule has 0 unspecified atom stereocenters. The third-order valence-corrected chi connectivity index (χ3v) is 5.36. The van der Waals surface area contributed by atoms with Gasteiger partial charge in [-0.05, 0) is 24.3 Å². The number of methoxy groups -OCH3 is 1. The van der Waals surface area contributed by atoms with Crippen molar-refractivity contribution in [2.75, 3.05) is 18.8 Å². The molecular formula is C23H17N3O7. The number of amides is 4. The van der Waals surface area contributed by atoms with Gasteiger partial charge in [0.2, 0.25) is 6.79 Å². The summed E-state index contributed by atoms with van der Waals surface area (Å²) in [5.41, 5.74) is 1.26. The van der Waals surface area contributed by atoms with Gasteiger partial charge in [0.1, 0.15) is 12.1 Å². The quantitative estimate of drug-likeness (QED) is 0.370. The maximum Gasteiger partial charge on any atom is 0.335 e. The molecule has 5 rings (SSSR count). The molecule has 1 N–H and O–H groups in total. The molecule has 2 aliphatic heterocycles. The maximum atomic E-state index is 13.2. The molecule has 0 radical (unpaired) electrons. The Balaban J connectivity index is 1.56. The number of benzene rings is 2. The van der Waals surface area contributed by atoms with Crippen LogP contribution in [0.1, 0.15) is 5.56 Å². The van der Waals surface area contributed by atoms with Gasteiger partial charge in [0.15, 0.2) is 11.5 Å². The zero-order valence-electron chi connectivity index (χ0n) is 17.4. The van der Waals surface area contributed by atoms with Crippen LogP contribution in [0.15, 0.2) is 54.2 Å². The normalized spacial score (nSPS) is 16.5. The zero-order valence-corrected chi connectivity index (χ0v) is 17.4. The number of anilines is 1. The van der Waals surface area contributed by atoms with Gasteiger partial charge >= 0.3 is 12.0 Å². The van der Waals surface area contributed by atoms with Gasteiger partial charge in [0, 0.05) is 28.7 Å². The third-order valence-electron chi connectivity index (χ3n) is 5.36. The lowest BCUT2D eigenvalue weighted by molar-refractivity contribution is -0.141. The van der Waals surface area contributed by atoms with Gasteiger partial charge in [-0.25, -0.2) is 9.69 Å². The van der Waals surface area contributed by atoms with Crippen LogP contribution in [0.4, 0.5) is 10.5 Å². The lowest BCUT2D eigenvalue weighted by Crippen LogP contribution is -2.54. The summed E-state index contributed by atoms with van der Waals surface area (Å²) >= 11 is 0. The van der Waals surface area contributed by atoms with Gasteiger partial charge in [-0.15, -0.1) is 0 Å². The highest BCUT2D eigenvalue weighted by Gasteiger charge is 2.37. The Kier molecular flexibility index (Phi) is 4.82. The fraction of sp³-hybridized carbons (Fsp3) is 0.130. The predicted octanol–water partition coefficient (Wildman–Crippen LogP) is 2.21. The minimum absolute atomic E-state index is 0.0395. The van der Waals surface area contributed by atoms with Gasteiger partial charge in [-0.1, -0.05) is 18.2 Å². The SMILES string of the molecule is COC(=O)Cn1cc(C=C2C(=O)NC(=O)N(c3ccc4c(c3)OCO4)C2=O)c2ccccc21. The Morgan fingerprint density at radius 2 is 1.91 bits per heavy atom. The van der Waals surface area contributed by atoms with E-state index in [2.05, 4.69) is 5.32 Å². The topological polar surface area (TPSA) is 116 Å². The Bertz CT molecular complexity index is 1370. The average molecular weight is 447 g/mol. The fourth-order valence-corrected chi connectivity index (χ4v) is 3.80. The number of aromatic nitrogens is 1. The van der Waals surface area contributed by atoms with Gasteiger partial charge in [-0.2, -0.15) is 0 Å². The number of esters is 1. The highest BCUT2D eigenvalue weighted by atomic mass is 16.7. The molecule has 1 aromatic heterocycles. The molecule has 4 amide bonds. The Hall–Kier alpha value is -4.60. The molecule has 2 aromatic carbocycles. The second kappa shape index (κ2) is 7.83. The standard InChI is InChI=1S/C23H17N3O7/c1-31-20(27)11-25-10-13(15-4-2-3-5-17(15)25)8-16-21(28)24-23(30)26(22(16)29)14-6-7-18-19(9-14)33-12-32-18/h2-10H,11-12H2,1H3,(H,24,28,30). The number of rotatable bonds is 4. The zero-order chi connectivity index (χ0) is 23.1. The van der Waals surface area contributed by atoms with Crippen LogP contribution in [0, 0.1) is 0 Å². The molecule has 10 nitrogen and oxygen atoms in total. The molecule has 0 spiro atoms. The van der Waals surface area contributed by atoms with Crippen LogP contribution in [0.3, 0.4) is 0 Å². The van der Waals surface area contributed by atoms with Crippen LogP contribution in [0.25, 0.3) is 17.0 Å². The van der Waals surface area contributed by atoms with E-state index < -0.39 is 23.8 Å². The lowest BCUT2D eigenvalue weighted by Gasteiger charge is -2.26. The number of fused-ring (bicyclic) bond motifs is 2. The molecular weight excluding hydrogens is 430 g/mol. The highest BCUT2D eigenvalue weighted by molar-refractivity contribution is 6.39. The Labute approximate surface area is 186 Å². The van der Waals surface area contributed by atoms with Gasteiger partial charge in [-0.3, -0.25) is 19.7 Å². The van der Waals surface area contributed by atoms with Crippen LogP contribution in [-0.2, 0) is 25.7 Å². The Morgan fingerprint density at radius 3 is 2.73 bits per heavy atom. The fourth-order valence-electron chi connectivity index (χ4n) is 3.80. The number of nitrogens with zero attached hydrogens (tertiary/aromatic N) is 2. The predicted molar refractivity (Wildman–Crippen MR) is 116 cm³/mol. The van der Waals surface area contributed by atoms with E-state index in [0.717, 1.165) is 15.8 Å². The second-order valence-corrected chi connectivity index (χ2v) is 7.30. The van der Waals surface area contributed by atoms with Gasteiger partial charge < -0.3 is 18.8 Å². The summed E-state index contributed by atoms with van der Waals surface area (Å²) in [6, 6.07) is 11.0. The summed E-state index contributed by atoms with van der Waals surface area (Å²) in [6.45, 7) is 0.000340. The molecule has 0 bridgehead atoms. The molecule has 0 atom stereocenters. The molecule has 3 heterocycles. The number of carbonyl (C=O) groups excluding carboxylic acids is 4. The number of hydrogen-bond donors (Lipinski definition) is 1. The summed E-state index contributed by atoms with van der Waals surface area (Å²) in [5, 5.41) is 2.92. The van der Waals surface area contributed by atoms with E-state index in [1.807, 2.05) is 18.2 Å². The number of ether oxygens (including phenoxy) is 3. The van der Waals surface area contributed by atoms with E-state index in [1.165, 1.54) is 25.3 Å². The Morgan fingerprint density at radius 1 is 1.12 bits per heavy atom. The minimum atomic E-state index is -0.867. The summed E-state index contributed by atoms with van der Waals surface area (Å²) in [6.07, 6.45) is 3.05. The molecule has 0 aliphatic carbocycles. The molecule has 2 aliphatic rings. The minimum Gasteiger partial charge on any atom is -0.468 e. The molecule has 33 heavy (non-hydrogen) atoms. The van der Waals surface area contributed by atoms with E-state index in [1.54, 1.807) is 22.9 Å². The third kappa shape index (κ3) is 3.47.